The Balaban J connectivity index is 1.76. The number of anilines is 1. The molecule has 0 aromatic heterocycles. The van der Waals surface area contributed by atoms with Crippen LogP contribution in [0.5, 0.6) is 0 Å². The van der Waals surface area contributed by atoms with Gasteiger partial charge in [0.25, 0.3) is 5.91 Å². The number of hydrogen-bond acceptors (Lipinski definition) is 4. The van der Waals surface area contributed by atoms with Crippen LogP contribution in [0, 0.1) is 5.82 Å². The van der Waals surface area contributed by atoms with Gasteiger partial charge in [-0.3, -0.25) is 4.79 Å². The van der Waals surface area contributed by atoms with Crippen LogP contribution in [0.15, 0.2) is 24.3 Å². The topological polar surface area (TPSA) is 42.0 Å². The molecule has 23 heavy (non-hydrogen) atoms. The highest BCUT2D eigenvalue weighted by Crippen LogP contribution is 2.29. The number of ether oxygens (including phenoxy) is 2. The smallest absolute Gasteiger partial charge is 0.253 e. The first-order valence-corrected chi connectivity index (χ1v) is 8.09. The maximum Gasteiger partial charge on any atom is 0.253 e. The number of carbonyl (C=O) groups excluding carboxylic acids is 1. The standard InChI is InChI=1S/C17H23FN2O3/c1-22-11-10-19-8-6-15-16(7-9-19)23-12-17(21)20(15)14-4-2-13(18)3-5-14/h2-5,15-16H,6-12H2,1H3/t15-,16-/m0/s1. The van der Waals surface area contributed by atoms with Crippen LogP contribution in [0.1, 0.15) is 12.8 Å². The van der Waals surface area contributed by atoms with Crippen LogP contribution in [0.3, 0.4) is 0 Å². The van der Waals surface area contributed by atoms with Crippen molar-refractivity contribution < 1.29 is 18.7 Å². The lowest BCUT2D eigenvalue weighted by Gasteiger charge is -2.40. The van der Waals surface area contributed by atoms with Crippen LogP contribution in [0.4, 0.5) is 10.1 Å². The number of halogens is 1. The number of amides is 1. The second-order valence-electron chi connectivity index (χ2n) is 6.07. The maximum absolute atomic E-state index is 13.2. The van der Waals surface area contributed by atoms with Gasteiger partial charge in [-0.1, -0.05) is 0 Å². The molecule has 1 amide bonds. The van der Waals surface area contributed by atoms with Gasteiger partial charge in [-0.25, -0.2) is 4.39 Å². The van der Waals surface area contributed by atoms with Gasteiger partial charge in [0.05, 0.1) is 18.8 Å². The summed E-state index contributed by atoms with van der Waals surface area (Å²) in [5.74, 6) is -0.346. The quantitative estimate of drug-likeness (QED) is 0.846. The molecule has 2 aliphatic rings. The molecule has 0 N–H and O–H groups in total. The molecule has 0 radical (unpaired) electrons. The summed E-state index contributed by atoms with van der Waals surface area (Å²) in [5, 5.41) is 0. The second kappa shape index (κ2) is 7.38. The first kappa shape index (κ1) is 16.4. The van der Waals surface area contributed by atoms with E-state index in [0.29, 0.717) is 6.61 Å². The average molecular weight is 322 g/mol. The molecule has 6 heteroatoms. The lowest BCUT2D eigenvalue weighted by molar-refractivity contribution is -0.132. The number of likely N-dealkylation sites (tertiary alicyclic amines) is 1. The zero-order valence-corrected chi connectivity index (χ0v) is 13.4. The molecule has 2 heterocycles. The Bertz CT molecular complexity index is 537. The van der Waals surface area contributed by atoms with Gasteiger partial charge >= 0.3 is 0 Å². The van der Waals surface area contributed by atoms with E-state index in [-0.39, 0.29) is 30.5 Å². The monoisotopic (exact) mass is 322 g/mol. The first-order valence-electron chi connectivity index (χ1n) is 8.09. The average Bonchev–Trinajstić information content (AvgIpc) is 2.76. The van der Waals surface area contributed by atoms with Gasteiger partial charge in [0.15, 0.2) is 0 Å². The minimum Gasteiger partial charge on any atom is -0.383 e. The Morgan fingerprint density at radius 1 is 1.26 bits per heavy atom. The van der Waals surface area contributed by atoms with Crippen LogP contribution in [-0.2, 0) is 14.3 Å². The van der Waals surface area contributed by atoms with E-state index in [4.69, 9.17) is 9.47 Å². The summed E-state index contributed by atoms with van der Waals surface area (Å²) in [6.45, 7) is 3.53. The van der Waals surface area contributed by atoms with Crippen molar-refractivity contribution in [3.63, 3.8) is 0 Å². The molecule has 3 rings (SSSR count). The molecule has 1 aromatic rings. The number of hydrogen-bond donors (Lipinski definition) is 0. The minimum absolute atomic E-state index is 0.00857. The van der Waals surface area contributed by atoms with E-state index in [1.54, 1.807) is 24.1 Å². The van der Waals surface area contributed by atoms with Crippen LogP contribution >= 0.6 is 0 Å². The highest BCUT2D eigenvalue weighted by Gasteiger charge is 2.39. The predicted octanol–water partition coefficient (Wildman–Crippen LogP) is 1.67. The molecule has 2 fully saturated rings. The van der Waals surface area contributed by atoms with E-state index < -0.39 is 0 Å². The van der Waals surface area contributed by atoms with Crippen LogP contribution in [-0.4, -0.2) is 62.9 Å². The Morgan fingerprint density at radius 2 is 2.00 bits per heavy atom. The lowest BCUT2D eigenvalue weighted by atomic mass is 10.0. The fourth-order valence-corrected chi connectivity index (χ4v) is 3.42. The second-order valence-corrected chi connectivity index (χ2v) is 6.07. The third-order valence-electron chi connectivity index (χ3n) is 4.64. The van der Waals surface area contributed by atoms with Crippen molar-refractivity contribution in [3.8, 4) is 0 Å². The fourth-order valence-electron chi connectivity index (χ4n) is 3.42. The maximum atomic E-state index is 13.2. The third-order valence-corrected chi connectivity index (χ3v) is 4.64. The molecule has 0 bridgehead atoms. The van der Waals surface area contributed by atoms with E-state index >= 15 is 0 Å². The Kier molecular flexibility index (Phi) is 5.25. The van der Waals surface area contributed by atoms with Crippen molar-refractivity contribution in [2.75, 3.05) is 44.9 Å². The molecule has 2 saturated heterocycles. The molecule has 0 aliphatic carbocycles. The molecular formula is C17H23FN2O3. The van der Waals surface area contributed by atoms with Gasteiger partial charge < -0.3 is 19.3 Å². The summed E-state index contributed by atoms with van der Waals surface area (Å²) in [5.41, 5.74) is 0.750. The van der Waals surface area contributed by atoms with E-state index in [1.165, 1.54) is 12.1 Å². The van der Waals surface area contributed by atoms with Crippen molar-refractivity contribution in [2.45, 2.75) is 25.0 Å². The molecule has 1 aromatic carbocycles. The molecule has 0 unspecified atom stereocenters. The van der Waals surface area contributed by atoms with Gasteiger partial charge in [0.1, 0.15) is 12.4 Å². The van der Waals surface area contributed by atoms with Crippen LogP contribution < -0.4 is 4.90 Å². The number of fused-ring (bicyclic) bond motifs is 1. The van der Waals surface area contributed by atoms with E-state index in [9.17, 15) is 9.18 Å². The summed E-state index contributed by atoms with van der Waals surface area (Å²) in [6, 6.07) is 6.14. The van der Waals surface area contributed by atoms with E-state index in [2.05, 4.69) is 4.90 Å². The molecule has 0 saturated carbocycles. The van der Waals surface area contributed by atoms with Crippen molar-refractivity contribution in [1.82, 2.24) is 4.90 Å². The summed E-state index contributed by atoms with van der Waals surface area (Å²) in [6.07, 6.45) is 1.77. The number of rotatable bonds is 4. The Labute approximate surface area is 136 Å². The summed E-state index contributed by atoms with van der Waals surface area (Å²) < 4.78 is 24.1. The predicted molar refractivity (Wildman–Crippen MR) is 85.0 cm³/mol. The van der Waals surface area contributed by atoms with Crippen molar-refractivity contribution in [2.24, 2.45) is 0 Å². The van der Waals surface area contributed by atoms with E-state index in [0.717, 1.165) is 38.2 Å². The molecule has 126 valence electrons. The van der Waals surface area contributed by atoms with Crippen molar-refractivity contribution in [1.29, 1.82) is 0 Å². The number of carbonyl (C=O) groups is 1. The molecule has 2 aliphatic heterocycles. The molecular weight excluding hydrogens is 299 g/mol. The zero-order valence-electron chi connectivity index (χ0n) is 13.4. The zero-order chi connectivity index (χ0) is 16.2. The number of morpholine rings is 1. The number of nitrogens with zero attached hydrogens (tertiary/aromatic N) is 2. The van der Waals surface area contributed by atoms with Gasteiger partial charge in [0, 0.05) is 32.4 Å². The van der Waals surface area contributed by atoms with Gasteiger partial charge in [-0.2, -0.15) is 0 Å². The first-order chi connectivity index (χ1) is 11.2. The van der Waals surface area contributed by atoms with Crippen molar-refractivity contribution >= 4 is 11.6 Å². The van der Waals surface area contributed by atoms with Crippen molar-refractivity contribution in [3.05, 3.63) is 30.1 Å². The number of methoxy groups -OCH3 is 1. The molecule has 5 nitrogen and oxygen atoms in total. The lowest BCUT2D eigenvalue weighted by Crippen LogP contribution is -2.54. The van der Waals surface area contributed by atoms with Gasteiger partial charge in [-0.15, -0.1) is 0 Å². The molecule has 2 atom stereocenters. The fraction of sp³-hybridized carbons (Fsp3) is 0.588. The molecule has 0 spiro atoms. The Hall–Kier alpha value is -1.50. The van der Waals surface area contributed by atoms with Crippen LogP contribution in [0.25, 0.3) is 0 Å². The van der Waals surface area contributed by atoms with Gasteiger partial charge in [-0.05, 0) is 37.1 Å². The SMILES string of the molecule is COCCN1CC[C@@H]2OCC(=O)N(c3ccc(F)cc3)[C@H]2CC1. The normalized spacial score (nSPS) is 26.0. The largest absolute Gasteiger partial charge is 0.383 e. The minimum atomic E-state index is -0.294. The van der Waals surface area contributed by atoms with Gasteiger partial charge in [0.2, 0.25) is 0 Å². The van der Waals surface area contributed by atoms with Crippen LogP contribution in [0.2, 0.25) is 0 Å². The highest BCUT2D eigenvalue weighted by atomic mass is 19.1. The van der Waals surface area contributed by atoms with E-state index in [1.807, 2.05) is 0 Å². The number of benzene rings is 1. The Morgan fingerprint density at radius 3 is 2.74 bits per heavy atom. The summed E-state index contributed by atoms with van der Waals surface area (Å²) >= 11 is 0. The summed E-state index contributed by atoms with van der Waals surface area (Å²) in [7, 11) is 1.70. The highest BCUT2D eigenvalue weighted by molar-refractivity contribution is 5.95. The summed E-state index contributed by atoms with van der Waals surface area (Å²) in [4.78, 5) is 16.5. The third kappa shape index (κ3) is 3.71.